The van der Waals surface area contributed by atoms with Gasteiger partial charge in [-0.2, -0.15) is 61.6 Å². The number of carbonyl (C=O) groups is 12. The van der Waals surface area contributed by atoms with Crippen molar-refractivity contribution < 1.29 is 130 Å². The van der Waals surface area contributed by atoms with Crippen molar-refractivity contribution in [2.75, 3.05) is 82.9 Å². The highest BCUT2D eigenvalue weighted by molar-refractivity contribution is 6.38. The fourth-order valence-corrected chi connectivity index (χ4v) is 12.4. The maximum absolute atomic E-state index is 13.2. The number of benzene rings is 4. The summed E-state index contributed by atoms with van der Waals surface area (Å²) in [4.78, 5) is 200. The molecular formula is C84H113N23O27. The van der Waals surface area contributed by atoms with Crippen LogP contribution in [0.4, 0.5) is 32.3 Å². The van der Waals surface area contributed by atoms with Gasteiger partial charge in [-0.25, -0.2) is 65.7 Å². The lowest BCUT2D eigenvalue weighted by Gasteiger charge is -2.28. The number of oxime groups is 5. The summed E-state index contributed by atoms with van der Waals surface area (Å²) < 4.78 is 10.2. The van der Waals surface area contributed by atoms with Gasteiger partial charge in [0.2, 0.25) is 17.4 Å². The van der Waals surface area contributed by atoms with Crippen molar-refractivity contribution in [1.29, 1.82) is 0 Å². The minimum Gasteiger partial charge on any atom is -0.442 e. The van der Waals surface area contributed by atoms with E-state index >= 15 is 0 Å². The number of ether oxygens (including phenoxy) is 2. The molecule has 12 amide bonds. The van der Waals surface area contributed by atoms with E-state index in [1.54, 1.807) is 189 Å². The lowest BCUT2D eigenvalue weighted by Crippen LogP contribution is -2.57. The fourth-order valence-electron chi connectivity index (χ4n) is 12.4. The van der Waals surface area contributed by atoms with Crippen LogP contribution in [0.25, 0.3) is 0 Å². The third kappa shape index (κ3) is 25.7. The van der Waals surface area contributed by atoms with Gasteiger partial charge < -0.3 is 43.9 Å². The van der Waals surface area contributed by atoms with E-state index in [0.29, 0.717) is 39.9 Å². The standard InChI is InChI=1S/C18H24N4O5.C15H18N4O5.C15H18N4O4.C13H22N4O5.C13H15N3O3.C10H16N4O5/c1-12-18(13(2)20-25-6,27-21-16(24)26-17(3,4)5)15(23)22(19-12)14-10-8-7-9-11-14;1-10-15(11(2)17-23-3,24-18-13(21)9-20)14(22)19(16-10)12-7-5-4-6-8-12;1-10-15(11(2)17-22-4,23-18-12(3)20)14(21)19(16-10)13-8-6-5-7-9-13;1-8-13(9(2)15-20-7,10(18)17(6)14-8)22-16-11(19)21-12(3,4)5;1-9-13(3,19-15-10(2)17)12(18)16(14-9)11-7-5-4-6-8-11;1-6-10(7(2)12-18-4,9(17)14(3)11-6)19-13-8(16)5-15/h7-11H,1-6H3,(H,21,24);4-8,20H,9H2,1-3H3,(H,18,21);5-9H,1-4H3,(H,18,20);1-7H3,(H,16,19);4-8H,1-3H3,(H,15,17);15H,5H2,1-4H3,(H,13,16)/b20-13+;2*17-11+;15-9+;;12-7+. The van der Waals surface area contributed by atoms with Gasteiger partial charge in [-0.3, -0.25) is 52.8 Å². The van der Waals surface area contributed by atoms with E-state index in [-0.39, 0.29) is 57.5 Å². The Kier molecular flexibility index (Phi) is 39.2. The topological polar surface area (TPSA) is 593 Å². The molecule has 0 bridgehead atoms. The van der Waals surface area contributed by atoms with Crippen LogP contribution in [0.5, 0.6) is 0 Å². The zero-order chi connectivity index (χ0) is 101. The molecule has 0 fully saturated rings. The molecule has 0 spiro atoms. The number of hydroxylamine groups is 6. The Bertz CT molecular complexity index is 5300. The molecule has 726 valence electrons. The summed E-state index contributed by atoms with van der Waals surface area (Å²) in [6.07, 6.45) is -1.67. The molecule has 6 atom stereocenters. The molecule has 134 heavy (non-hydrogen) atoms. The van der Waals surface area contributed by atoms with E-state index in [1.165, 1.54) is 99.3 Å². The van der Waals surface area contributed by atoms with Gasteiger partial charge in [0.05, 0.1) is 57.0 Å². The molecule has 8 N–H and O–H groups in total. The highest BCUT2D eigenvalue weighted by Gasteiger charge is 2.60. The highest BCUT2D eigenvalue weighted by Crippen LogP contribution is 2.36. The fraction of sp³-hybridized carbons (Fsp3) is 0.440. The average Bonchev–Trinajstić information content (AvgIpc) is 1.59. The Balaban J connectivity index is 0.000000285. The number of carbonyl (C=O) groups excluding carboxylic acids is 12. The van der Waals surface area contributed by atoms with E-state index < -0.39 is 117 Å². The summed E-state index contributed by atoms with van der Waals surface area (Å²) in [6.45, 7) is 30.2. The normalized spacial score (nSPS) is 21.7. The molecule has 4 aromatic carbocycles. The highest BCUT2D eigenvalue weighted by atomic mass is 16.7. The largest absolute Gasteiger partial charge is 0.442 e. The maximum Gasteiger partial charge on any atom is 0.431 e. The Labute approximate surface area is 771 Å². The SMILES string of the molecule is CC(=O)NOC1(C)C(=O)N(c2ccccc2)N=C1C.CO/N=C(\C)C1(ONC(=O)CO)C(=O)N(C)N=C1C.CO/N=C(\C)C1(ONC(=O)CO)C(=O)N(c2ccccc2)N=C1C.CO/N=C(\C)C1(ONC(=O)OC(C)(C)C)C(=O)N(C)N=C1C.CO/N=C(\C)C1(ONC(=O)OC(C)(C)C)C(=O)N(c2ccccc2)N=C1C.CO/N=C(\C)C1(ONC(C)=O)C(=O)N(c2ccccc2)N=C1C. The van der Waals surface area contributed by atoms with Gasteiger partial charge in [0.25, 0.3) is 75.3 Å². The van der Waals surface area contributed by atoms with Crippen molar-refractivity contribution in [2.45, 2.75) is 183 Å². The number of nitrogens with one attached hydrogen (secondary N) is 6. The summed E-state index contributed by atoms with van der Waals surface area (Å²) in [7, 11) is 9.61. The van der Waals surface area contributed by atoms with Crippen molar-refractivity contribution in [1.82, 2.24) is 42.9 Å². The number of anilines is 4. The second kappa shape index (κ2) is 47.8. The van der Waals surface area contributed by atoms with Crippen molar-refractivity contribution >= 4 is 157 Å². The van der Waals surface area contributed by atoms with Crippen LogP contribution >= 0.6 is 0 Å². The quantitative estimate of drug-likeness (QED) is 0.0274. The van der Waals surface area contributed by atoms with Crippen molar-refractivity contribution in [3.8, 4) is 0 Å². The molecule has 0 saturated carbocycles. The first-order valence-corrected chi connectivity index (χ1v) is 40.2. The number of amides is 12. The number of aliphatic hydroxyl groups is 2. The minimum atomic E-state index is -1.75. The Morgan fingerprint density at radius 2 is 0.545 bits per heavy atom. The number of rotatable bonds is 28. The summed E-state index contributed by atoms with van der Waals surface area (Å²) in [5.74, 6) is -5.39. The van der Waals surface area contributed by atoms with Crippen LogP contribution in [0.3, 0.4) is 0 Å². The number of hydrogen-bond donors (Lipinski definition) is 8. The van der Waals surface area contributed by atoms with Crippen LogP contribution in [0, 0.1) is 0 Å². The van der Waals surface area contributed by atoms with E-state index in [4.69, 9.17) is 68.1 Å². The molecule has 6 unspecified atom stereocenters. The number of aliphatic hydroxyl groups excluding tert-OH is 2. The molecule has 0 radical (unpaired) electrons. The molecule has 6 aliphatic heterocycles. The van der Waals surface area contributed by atoms with Gasteiger partial charge in [-0.05, 0) is 173 Å². The molecule has 50 heteroatoms. The molecule has 4 aromatic rings. The number of hydrazone groups is 6. The smallest absolute Gasteiger partial charge is 0.431 e. The Morgan fingerprint density at radius 3 is 0.769 bits per heavy atom. The predicted octanol–water partition coefficient (Wildman–Crippen LogP) is 5.00. The Hall–Kier alpha value is -14.8. The van der Waals surface area contributed by atoms with Crippen LogP contribution < -0.4 is 52.9 Å². The second-order valence-electron chi connectivity index (χ2n) is 30.8. The first-order chi connectivity index (χ1) is 62.9. The molecule has 0 aliphatic carbocycles. The van der Waals surface area contributed by atoms with Crippen LogP contribution in [-0.2, 0) is 111 Å². The summed E-state index contributed by atoms with van der Waals surface area (Å²) in [6, 6.07) is 35.5. The zero-order valence-corrected chi connectivity index (χ0v) is 79.2. The molecule has 0 aromatic heterocycles. The number of hydrogen-bond acceptors (Lipinski definition) is 38. The molecule has 50 nitrogen and oxygen atoms in total. The summed E-state index contributed by atoms with van der Waals surface area (Å²) >= 11 is 0. The van der Waals surface area contributed by atoms with Crippen LogP contribution in [-0.4, -0.2) is 262 Å². The van der Waals surface area contributed by atoms with Crippen LogP contribution in [0.1, 0.15) is 138 Å². The lowest BCUT2D eigenvalue weighted by atomic mass is 9.93. The third-order valence-electron chi connectivity index (χ3n) is 18.8. The summed E-state index contributed by atoms with van der Waals surface area (Å²) in [5, 5.41) is 68.3. The van der Waals surface area contributed by atoms with Gasteiger partial charge >= 0.3 is 12.2 Å². The molecule has 6 heterocycles. The minimum absolute atomic E-state index is 0.146. The number of para-hydroxylation sites is 4. The van der Waals surface area contributed by atoms with Crippen molar-refractivity contribution in [3.63, 3.8) is 0 Å². The first kappa shape index (κ1) is 110. The van der Waals surface area contributed by atoms with Gasteiger partial charge in [0, 0.05) is 27.9 Å². The van der Waals surface area contributed by atoms with E-state index in [9.17, 15) is 57.5 Å². The predicted molar refractivity (Wildman–Crippen MR) is 486 cm³/mol. The number of likely N-dealkylation sites (N-methyl/N-ethyl adjacent to an activating group) is 2. The van der Waals surface area contributed by atoms with E-state index in [1.807, 2.05) is 47.4 Å². The second-order valence-corrected chi connectivity index (χ2v) is 30.8. The average molecular weight is 1880 g/mol. The van der Waals surface area contributed by atoms with E-state index in [2.05, 4.69) is 83.1 Å². The summed E-state index contributed by atoms with van der Waals surface area (Å²) in [5.41, 5.74) is 6.72. The van der Waals surface area contributed by atoms with Crippen molar-refractivity contribution in [3.05, 3.63) is 121 Å². The maximum atomic E-state index is 13.2. The molecular weight excluding hydrogens is 1760 g/mol. The molecule has 6 aliphatic rings. The van der Waals surface area contributed by atoms with Crippen LogP contribution in [0.15, 0.2) is 178 Å². The number of nitrogens with zero attached hydrogens (tertiary/aromatic N) is 17. The molecule has 10 rings (SSSR count). The van der Waals surface area contributed by atoms with Crippen molar-refractivity contribution in [2.24, 2.45) is 56.4 Å². The Morgan fingerprint density at radius 1 is 0.328 bits per heavy atom. The lowest BCUT2D eigenvalue weighted by molar-refractivity contribution is -0.154. The van der Waals surface area contributed by atoms with Gasteiger partial charge in [-0.15, -0.1) is 0 Å². The van der Waals surface area contributed by atoms with Gasteiger partial charge in [-0.1, -0.05) is 98.6 Å². The molecule has 0 saturated heterocycles. The zero-order valence-electron chi connectivity index (χ0n) is 79.2. The third-order valence-corrected chi connectivity index (χ3v) is 18.8. The monoisotopic (exact) mass is 1880 g/mol. The van der Waals surface area contributed by atoms with Gasteiger partial charge in [0.1, 0.15) is 88.5 Å². The first-order valence-electron chi connectivity index (χ1n) is 40.2. The van der Waals surface area contributed by atoms with E-state index in [0.717, 1.165) is 15.0 Å². The van der Waals surface area contributed by atoms with Gasteiger partial charge in [0.15, 0.2) is 0 Å². The van der Waals surface area contributed by atoms with Crippen LogP contribution in [0.2, 0.25) is 0 Å².